The Bertz CT molecular complexity index is 865. The molecule has 1 saturated heterocycles. The molecule has 2 aromatic carbocycles. The minimum absolute atomic E-state index is 0.0927. The van der Waals surface area contributed by atoms with Gasteiger partial charge in [0.2, 0.25) is 0 Å². The van der Waals surface area contributed by atoms with Crippen LogP contribution in [0.2, 0.25) is 0 Å². The van der Waals surface area contributed by atoms with Crippen molar-refractivity contribution in [1.29, 1.82) is 0 Å². The molecular formula is C23H25NO4. The smallest absolute Gasteiger partial charge is 0.335 e. The number of carboxylic acids is 1. The largest absolute Gasteiger partial charge is 0.496 e. The fraction of sp³-hybridized carbons (Fsp3) is 0.304. The lowest BCUT2D eigenvalue weighted by molar-refractivity contribution is 0.0696. The molecule has 1 fully saturated rings. The monoisotopic (exact) mass is 379 g/mol. The molecule has 1 aliphatic heterocycles. The quantitative estimate of drug-likeness (QED) is 0.575. The van der Waals surface area contributed by atoms with Crippen LogP contribution in [0.5, 0.6) is 5.75 Å². The minimum atomic E-state index is -0.967. The number of carbonyl (C=O) groups excluding carboxylic acids is 1. The molecule has 146 valence electrons. The predicted molar refractivity (Wildman–Crippen MR) is 109 cm³/mol. The van der Waals surface area contributed by atoms with Crippen LogP contribution in [0.25, 0.3) is 6.08 Å². The maximum absolute atomic E-state index is 12.6. The summed E-state index contributed by atoms with van der Waals surface area (Å²) in [6.45, 7) is 2.94. The molecule has 0 spiro atoms. The standard InChI is InChI=1S/C23H25NO4/c1-28-22-12-10-19(15-20(22)16-24-13-3-2-4-14-24)21(25)11-7-17-5-8-18(9-6-17)23(26)27/h5-12,15H,2-4,13-14,16H2,1H3,(H,26,27). The van der Waals surface area contributed by atoms with E-state index in [9.17, 15) is 9.59 Å². The lowest BCUT2D eigenvalue weighted by atomic mass is 10.0. The molecule has 0 saturated carbocycles. The Hall–Kier alpha value is -2.92. The van der Waals surface area contributed by atoms with E-state index in [1.807, 2.05) is 12.1 Å². The number of nitrogens with zero attached hydrogens (tertiary/aromatic N) is 1. The summed E-state index contributed by atoms with van der Waals surface area (Å²) in [6.07, 6.45) is 6.92. The van der Waals surface area contributed by atoms with Gasteiger partial charge >= 0.3 is 5.97 Å². The van der Waals surface area contributed by atoms with E-state index in [0.717, 1.165) is 36.5 Å². The van der Waals surface area contributed by atoms with Gasteiger partial charge in [-0.15, -0.1) is 0 Å². The normalized spacial score (nSPS) is 14.9. The van der Waals surface area contributed by atoms with Crippen LogP contribution in [0.1, 0.15) is 51.1 Å². The molecule has 0 aromatic heterocycles. The fourth-order valence-corrected chi connectivity index (χ4v) is 3.42. The second-order valence-corrected chi connectivity index (χ2v) is 6.99. The highest BCUT2D eigenvalue weighted by Crippen LogP contribution is 2.24. The van der Waals surface area contributed by atoms with Gasteiger partial charge in [0.15, 0.2) is 5.78 Å². The van der Waals surface area contributed by atoms with Crippen molar-refractivity contribution in [3.63, 3.8) is 0 Å². The first-order valence-corrected chi connectivity index (χ1v) is 9.52. The van der Waals surface area contributed by atoms with Crippen molar-refractivity contribution in [2.24, 2.45) is 0 Å². The summed E-state index contributed by atoms with van der Waals surface area (Å²) in [6, 6.07) is 12.0. The van der Waals surface area contributed by atoms with Gasteiger partial charge in [-0.2, -0.15) is 0 Å². The van der Waals surface area contributed by atoms with E-state index in [4.69, 9.17) is 9.84 Å². The zero-order valence-electron chi connectivity index (χ0n) is 16.1. The molecular weight excluding hydrogens is 354 g/mol. The van der Waals surface area contributed by atoms with Crippen molar-refractivity contribution >= 4 is 17.8 Å². The molecule has 1 N–H and O–H groups in total. The number of hydrogen-bond acceptors (Lipinski definition) is 4. The van der Waals surface area contributed by atoms with Crippen LogP contribution in [0.15, 0.2) is 48.5 Å². The summed E-state index contributed by atoms with van der Waals surface area (Å²) in [5.74, 6) is -0.258. The summed E-state index contributed by atoms with van der Waals surface area (Å²) in [5.41, 5.74) is 2.64. The van der Waals surface area contributed by atoms with Gasteiger partial charge in [-0.05, 0) is 67.9 Å². The highest BCUT2D eigenvalue weighted by atomic mass is 16.5. The number of rotatable bonds is 7. The van der Waals surface area contributed by atoms with E-state index < -0.39 is 5.97 Å². The van der Waals surface area contributed by atoms with Crippen LogP contribution in [-0.4, -0.2) is 42.0 Å². The topological polar surface area (TPSA) is 66.8 Å². The Morgan fingerprint density at radius 2 is 1.71 bits per heavy atom. The van der Waals surface area contributed by atoms with E-state index >= 15 is 0 Å². The average molecular weight is 379 g/mol. The number of ether oxygens (including phenoxy) is 1. The third-order valence-corrected chi connectivity index (χ3v) is 4.99. The van der Waals surface area contributed by atoms with E-state index in [2.05, 4.69) is 4.90 Å². The summed E-state index contributed by atoms with van der Waals surface area (Å²) in [4.78, 5) is 25.9. The number of hydrogen-bond donors (Lipinski definition) is 1. The number of methoxy groups -OCH3 is 1. The molecule has 0 atom stereocenters. The van der Waals surface area contributed by atoms with Crippen molar-refractivity contribution in [2.75, 3.05) is 20.2 Å². The Morgan fingerprint density at radius 3 is 2.36 bits per heavy atom. The number of likely N-dealkylation sites (tertiary alicyclic amines) is 1. The number of aromatic carboxylic acids is 1. The van der Waals surface area contributed by atoms with Gasteiger partial charge in [0.05, 0.1) is 12.7 Å². The lowest BCUT2D eigenvalue weighted by Crippen LogP contribution is -2.29. The van der Waals surface area contributed by atoms with E-state index in [0.29, 0.717) is 5.56 Å². The molecule has 0 unspecified atom stereocenters. The van der Waals surface area contributed by atoms with Crippen LogP contribution in [0.3, 0.4) is 0 Å². The summed E-state index contributed by atoms with van der Waals surface area (Å²) in [7, 11) is 1.65. The SMILES string of the molecule is COc1ccc(C(=O)C=Cc2ccc(C(=O)O)cc2)cc1CN1CCCCC1. The zero-order chi connectivity index (χ0) is 19.9. The molecule has 5 nitrogen and oxygen atoms in total. The third-order valence-electron chi connectivity index (χ3n) is 4.99. The maximum Gasteiger partial charge on any atom is 0.335 e. The Labute approximate surface area is 165 Å². The van der Waals surface area contributed by atoms with Gasteiger partial charge in [-0.1, -0.05) is 24.6 Å². The van der Waals surface area contributed by atoms with E-state index in [-0.39, 0.29) is 11.3 Å². The number of allylic oxidation sites excluding steroid dienone is 1. The first-order valence-electron chi connectivity index (χ1n) is 9.52. The van der Waals surface area contributed by atoms with Gasteiger partial charge in [-0.3, -0.25) is 9.69 Å². The van der Waals surface area contributed by atoms with Gasteiger partial charge in [-0.25, -0.2) is 4.79 Å². The van der Waals surface area contributed by atoms with Crippen LogP contribution >= 0.6 is 0 Å². The molecule has 2 aromatic rings. The highest BCUT2D eigenvalue weighted by molar-refractivity contribution is 6.07. The first-order chi connectivity index (χ1) is 13.6. The van der Waals surface area contributed by atoms with Crippen molar-refractivity contribution in [3.05, 3.63) is 70.8 Å². The molecule has 1 heterocycles. The van der Waals surface area contributed by atoms with Crippen molar-refractivity contribution in [2.45, 2.75) is 25.8 Å². The second kappa shape index (κ2) is 9.33. The van der Waals surface area contributed by atoms with Crippen LogP contribution in [0, 0.1) is 0 Å². The van der Waals surface area contributed by atoms with E-state index in [1.165, 1.54) is 37.5 Å². The molecule has 0 radical (unpaired) electrons. The van der Waals surface area contributed by atoms with Crippen molar-refractivity contribution in [3.8, 4) is 5.75 Å². The minimum Gasteiger partial charge on any atom is -0.496 e. The van der Waals surface area contributed by atoms with Gasteiger partial charge in [0, 0.05) is 17.7 Å². The molecule has 0 bridgehead atoms. The van der Waals surface area contributed by atoms with Crippen LogP contribution in [0.4, 0.5) is 0 Å². The highest BCUT2D eigenvalue weighted by Gasteiger charge is 2.15. The van der Waals surface area contributed by atoms with E-state index in [1.54, 1.807) is 31.4 Å². The summed E-state index contributed by atoms with van der Waals surface area (Å²) < 4.78 is 5.48. The number of ketones is 1. The van der Waals surface area contributed by atoms with Crippen LogP contribution in [-0.2, 0) is 6.54 Å². The average Bonchev–Trinajstić information content (AvgIpc) is 2.73. The maximum atomic E-state index is 12.6. The fourth-order valence-electron chi connectivity index (χ4n) is 3.42. The Morgan fingerprint density at radius 1 is 1.04 bits per heavy atom. The number of carboxylic acid groups (broad SMARTS) is 1. The third kappa shape index (κ3) is 5.08. The molecule has 3 rings (SSSR count). The summed E-state index contributed by atoms with van der Waals surface area (Å²) >= 11 is 0. The molecule has 0 amide bonds. The van der Waals surface area contributed by atoms with Crippen molar-refractivity contribution in [1.82, 2.24) is 4.90 Å². The summed E-state index contributed by atoms with van der Waals surface area (Å²) in [5, 5.41) is 8.94. The van der Waals surface area contributed by atoms with Gasteiger partial charge < -0.3 is 9.84 Å². The molecule has 5 heteroatoms. The molecule has 28 heavy (non-hydrogen) atoms. The van der Waals surface area contributed by atoms with Gasteiger partial charge in [0.1, 0.15) is 5.75 Å². The number of carbonyl (C=O) groups is 2. The Kier molecular flexibility index (Phi) is 6.61. The first kappa shape index (κ1) is 19.8. The Balaban J connectivity index is 1.73. The second-order valence-electron chi connectivity index (χ2n) is 6.99. The lowest BCUT2D eigenvalue weighted by Gasteiger charge is -2.27. The zero-order valence-corrected chi connectivity index (χ0v) is 16.1. The number of piperidine rings is 1. The van der Waals surface area contributed by atoms with Crippen LogP contribution < -0.4 is 4.74 Å². The molecule has 0 aliphatic carbocycles. The predicted octanol–water partition coefficient (Wildman–Crippen LogP) is 4.28. The van der Waals surface area contributed by atoms with Crippen molar-refractivity contribution < 1.29 is 19.4 Å². The van der Waals surface area contributed by atoms with Gasteiger partial charge in [0.25, 0.3) is 0 Å². The number of benzene rings is 2. The molecule has 1 aliphatic rings.